The number of nitrogens with one attached hydrogen (secondary N) is 1. The number of carbonyl (C=O) groups excluding carboxylic acids is 1. The highest BCUT2D eigenvalue weighted by Gasteiger charge is 2.47. The Hall–Kier alpha value is -1.80. The standard InChI is InChI=1S/C31H45N5O2.3ClH/c1-20(2)23-11-12-24-26(23)28(34-19-33-24)36-18-31(13-15-32-16-14-31)27-22(9-8-10-25(27)36)17-35(21(3)4)29(37)38-30(5,6)7;;;/h8-10,19-21,23,32H,11-18H2,1-7H3;3*1H/t23-;;;/m0.../s1. The van der Waals surface area contributed by atoms with Crippen LogP contribution in [0.2, 0.25) is 0 Å². The Morgan fingerprint density at radius 2 is 1.80 bits per heavy atom. The van der Waals surface area contributed by atoms with E-state index in [4.69, 9.17) is 14.7 Å². The van der Waals surface area contributed by atoms with Crippen LogP contribution in [0.3, 0.4) is 0 Å². The number of hydrogen-bond donors (Lipinski definition) is 1. The van der Waals surface area contributed by atoms with E-state index in [-0.39, 0.29) is 54.8 Å². The summed E-state index contributed by atoms with van der Waals surface area (Å²) in [5.41, 5.74) is 5.91. The average Bonchev–Trinajstić information content (AvgIpc) is 3.42. The molecule has 0 bridgehead atoms. The Balaban J connectivity index is 0.00000196. The van der Waals surface area contributed by atoms with Crippen molar-refractivity contribution in [1.82, 2.24) is 20.2 Å². The molecule has 2 aliphatic heterocycles. The average molecular weight is 629 g/mol. The van der Waals surface area contributed by atoms with Gasteiger partial charge in [0.2, 0.25) is 0 Å². The molecule has 41 heavy (non-hydrogen) atoms. The van der Waals surface area contributed by atoms with Gasteiger partial charge in [-0.05, 0) is 102 Å². The molecule has 0 unspecified atom stereocenters. The van der Waals surface area contributed by atoms with Crippen molar-refractivity contribution in [1.29, 1.82) is 0 Å². The third kappa shape index (κ3) is 6.90. The lowest BCUT2D eigenvalue weighted by atomic mass is 9.73. The number of ether oxygens (including phenoxy) is 1. The van der Waals surface area contributed by atoms with Gasteiger partial charge in [-0.25, -0.2) is 14.8 Å². The Kier molecular flexibility index (Phi) is 11.8. The molecule has 3 heterocycles. The van der Waals surface area contributed by atoms with Gasteiger partial charge in [0.25, 0.3) is 0 Å². The molecular weight excluding hydrogens is 581 g/mol. The van der Waals surface area contributed by atoms with Crippen molar-refractivity contribution < 1.29 is 9.53 Å². The zero-order valence-corrected chi connectivity index (χ0v) is 28.0. The first-order valence-electron chi connectivity index (χ1n) is 14.4. The number of rotatable bonds is 5. The van der Waals surface area contributed by atoms with E-state index in [1.54, 1.807) is 6.33 Å². The number of fused-ring (bicyclic) bond motifs is 3. The Bertz CT molecular complexity index is 1190. The fourth-order valence-corrected chi connectivity index (χ4v) is 6.81. The largest absolute Gasteiger partial charge is 0.444 e. The number of aryl methyl sites for hydroxylation is 1. The van der Waals surface area contributed by atoms with Crippen molar-refractivity contribution in [3.63, 3.8) is 0 Å². The van der Waals surface area contributed by atoms with E-state index in [0.29, 0.717) is 18.4 Å². The van der Waals surface area contributed by atoms with Crippen molar-refractivity contribution in [3.8, 4) is 0 Å². The Morgan fingerprint density at radius 1 is 1.12 bits per heavy atom. The van der Waals surface area contributed by atoms with E-state index in [1.807, 2.05) is 25.7 Å². The number of halogens is 3. The second-order valence-corrected chi connectivity index (χ2v) is 13.1. The Labute approximate surface area is 264 Å². The quantitative estimate of drug-likeness (QED) is 0.374. The molecule has 0 radical (unpaired) electrons. The number of aromatic nitrogens is 2. The van der Waals surface area contributed by atoms with Crippen LogP contribution in [-0.4, -0.2) is 52.2 Å². The monoisotopic (exact) mass is 627 g/mol. The maximum Gasteiger partial charge on any atom is 0.410 e. The third-order valence-corrected chi connectivity index (χ3v) is 8.63. The van der Waals surface area contributed by atoms with Gasteiger partial charge < -0.3 is 19.9 Å². The highest BCUT2D eigenvalue weighted by molar-refractivity contribution is 5.86. The summed E-state index contributed by atoms with van der Waals surface area (Å²) in [7, 11) is 0. The van der Waals surface area contributed by atoms with Crippen LogP contribution in [0, 0.1) is 5.92 Å². The lowest BCUT2D eigenvalue weighted by Gasteiger charge is -2.37. The van der Waals surface area contributed by atoms with Crippen LogP contribution < -0.4 is 10.2 Å². The van der Waals surface area contributed by atoms with Crippen LogP contribution in [-0.2, 0) is 23.1 Å². The van der Waals surface area contributed by atoms with E-state index in [9.17, 15) is 4.79 Å². The minimum atomic E-state index is -0.531. The first-order chi connectivity index (χ1) is 18.0. The fourth-order valence-electron chi connectivity index (χ4n) is 6.81. The van der Waals surface area contributed by atoms with Crippen molar-refractivity contribution in [2.75, 3.05) is 24.5 Å². The van der Waals surface area contributed by atoms with Gasteiger partial charge in [-0.2, -0.15) is 0 Å². The summed E-state index contributed by atoms with van der Waals surface area (Å²) in [5, 5.41) is 3.58. The molecule has 3 aliphatic rings. The molecule has 1 aliphatic carbocycles. The van der Waals surface area contributed by atoms with Gasteiger partial charge in [-0.3, -0.25) is 0 Å². The maximum atomic E-state index is 13.3. The summed E-state index contributed by atoms with van der Waals surface area (Å²) in [4.78, 5) is 27.3. The van der Waals surface area contributed by atoms with Crippen LogP contribution in [0.1, 0.15) is 96.0 Å². The molecule has 0 saturated carbocycles. The number of nitrogens with zero attached hydrogens (tertiary/aromatic N) is 4. The molecule has 1 aromatic heterocycles. The molecule has 10 heteroatoms. The van der Waals surface area contributed by atoms with Gasteiger partial charge in [-0.15, -0.1) is 37.2 Å². The maximum absolute atomic E-state index is 13.3. The zero-order chi connectivity index (χ0) is 27.2. The highest BCUT2D eigenvalue weighted by atomic mass is 35.5. The second-order valence-electron chi connectivity index (χ2n) is 13.1. The van der Waals surface area contributed by atoms with E-state index >= 15 is 0 Å². The topological polar surface area (TPSA) is 70.6 Å². The molecule has 5 rings (SSSR count). The van der Waals surface area contributed by atoms with E-state index < -0.39 is 5.60 Å². The SMILES string of the molecule is CC(C)[C@@H]1CCc2ncnc(N3CC4(CCNCC4)c4c(CN(C(=O)OC(C)(C)C)C(C)C)cccc43)c21.Cl.Cl.Cl. The van der Waals surface area contributed by atoms with Crippen molar-refractivity contribution in [2.45, 2.75) is 104 Å². The van der Waals surface area contributed by atoms with Crippen LogP contribution in [0.5, 0.6) is 0 Å². The van der Waals surface area contributed by atoms with Gasteiger partial charge in [-0.1, -0.05) is 26.0 Å². The van der Waals surface area contributed by atoms with Gasteiger partial charge in [0.05, 0.1) is 0 Å². The number of hydrogen-bond acceptors (Lipinski definition) is 6. The lowest BCUT2D eigenvalue weighted by molar-refractivity contribution is 0.0170. The second kappa shape index (κ2) is 13.7. The van der Waals surface area contributed by atoms with Crippen molar-refractivity contribution in [2.24, 2.45) is 5.92 Å². The van der Waals surface area contributed by atoms with Gasteiger partial charge in [0.1, 0.15) is 17.7 Å². The molecule has 7 nitrogen and oxygen atoms in total. The summed E-state index contributed by atoms with van der Waals surface area (Å²) in [5.74, 6) is 2.13. The first kappa shape index (κ1) is 35.4. The van der Waals surface area contributed by atoms with E-state index in [0.717, 1.165) is 51.1 Å². The smallest absolute Gasteiger partial charge is 0.410 e. The molecule has 1 spiro atoms. The Morgan fingerprint density at radius 3 is 2.41 bits per heavy atom. The molecule has 230 valence electrons. The number of benzene rings is 1. The van der Waals surface area contributed by atoms with E-state index in [2.05, 4.69) is 56.1 Å². The summed E-state index contributed by atoms with van der Waals surface area (Å²) in [6.07, 6.45) is 5.82. The minimum absolute atomic E-state index is 0. The van der Waals surface area contributed by atoms with Crippen molar-refractivity contribution >= 4 is 54.8 Å². The number of anilines is 2. The number of carbonyl (C=O) groups is 1. The molecule has 1 amide bonds. The summed E-state index contributed by atoms with van der Waals surface area (Å²) in [6.45, 7) is 18.0. The highest BCUT2D eigenvalue weighted by Crippen LogP contribution is 2.53. The van der Waals surface area contributed by atoms with Crippen LogP contribution in [0.15, 0.2) is 24.5 Å². The summed E-state index contributed by atoms with van der Waals surface area (Å²) < 4.78 is 5.81. The molecular formula is C31H48Cl3N5O2. The normalized spacial score (nSPS) is 18.8. The third-order valence-electron chi connectivity index (χ3n) is 8.63. The zero-order valence-electron chi connectivity index (χ0n) is 25.5. The van der Waals surface area contributed by atoms with Crippen LogP contribution in [0.25, 0.3) is 0 Å². The molecule has 1 atom stereocenters. The van der Waals surface area contributed by atoms with Crippen LogP contribution >= 0.6 is 37.2 Å². The van der Waals surface area contributed by atoms with Gasteiger partial charge in [0.15, 0.2) is 0 Å². The summed E-state index contributed by atoms with van der Waals surface area (Å²) >= 11 is 0. The van der Waals surface area contributed by atoms with Crippen molar-refractivity contribution in [3.05, 3.63) is 46.9 Å². The predicted molar refractivity (Wildman–Crippen MR) is 174 cm³/mol. The number of amides is 1. The predicted octanol–water partition coefficient (Wildman–Crippen LogP) is 7.35. The van der Waals surface area contributed by atoms with Gasteiger partial charge >= 0.3 is 6.09 Å². The minimum Gasteiger partial charge on any atom is -0.444 e. The first-order valence-corrected chi connectivity index (χ1v) is 14.4. The lowest BCUT2D eigenvalue weighted by Crippen LogP contribution is -2.44. The molecule has 1 aromatic carbocycles. The van der Waals surface area contributed by atoms with Gasteiger partial charge in [0, 0.05) is 41.5 Å². The number of piperidine rings is 1. The van der Waals surface area contributed by atoms with E-state index in [1.165, 1.54) is 28.1 Å². The molecule has 2 aromatic rings. The molecule has 1 N–H and O–H groups in total. The molecule has 1 saturated heterocycles. The summed E-state index contributed by atoms with van der Waals surface area (Å²) in [6, 6.07) is 6.65. The van der Waals surface area contributed by atoms with Crippen LogP contribution in [0.4, 0.5) is 16.3 Å². The fraction of sp³-hybridized carbons (Fsp3) is 0.645. The molecule has 1 fully saturated rings.